The first-order valence-electron chi connectivity index (χ1n) is 5.52. The van der Waals surface area contributed by atoms with E-state index in [-0.39, 0.29) is 12.5 Å². The second-order valence-corrected chi connectivity index (χ2v) is 3.76. The molecule has 5 nitrogen and oxygen atoms in total. The van der Waals surface area contributed by atoms with Crippen LogP contribution in [0.3, 0.4) is 0 Å². The Morgan fingerprint density at radius 3 is 2.53 bits per heavy atom. The number of piperidine rings is 1. The molecule has 0 aromatic rings. The maximum atomic E-state index is 11.4. The van der Waals surface area contributed by atoms with E-state index in [1.807, 2.05) is 0 Å². The van der Waals surface area contributed by atoms with Crippen molar-refractivity contribution in [3.63, 3.8) is 0 Å². The number of quaternary nitrogens is 1. The van der Waals surface area contributed by atoms with Crippen molar-refractivity contribution in [3.05, 3.63) is 0 Å². The summed E-state index contributed by atoms with van der Waals surface area (Å²) in [4.78, 5) is 23.5. The molecular weight excluding hydrogens is 196 g/mol. The lowest BCUT2D eigenvalue weighted by Gasteiger charge is -2.22. The van der Waals surface area contributed by atoms with Crippen LogP contribution in [0, 0.1) is 0 Å². The molecule has 2 amide bonds. The molecule has 15 heavy (non-hydrogen) atoms. The highest BCUT2D eigenvalue weighted by atomic mass is 16.5. The van der Waals surface area contributed by atoms with Crippen LogP contribution in [0.2, 0.25) is 0 Å². The first-order chi connectivity index (χ1) is 7.22. The molecule has 0 aromatic carbocycles. The summed E-state index contributed by atoms with van der Waals surface area (Å²) in [6.45, 7) is 4.42. The van der Waals surface area contributed by atoms with Crippen molar-refractivity contribution in [2.24, 2.45) is 0 Å². The van der Waals surface area contributed by atoms with Crippen molar-refractivity contribution < 1.29 is 19.2 Å². The van der Waals surface area contributed by atoms with Gasteiger partial charge in [-0.1, -0.05) is 0 Å². The molecule has 1 aliphatic heterocycles. The van der Waals surface area contributed by atoms with Crippen molar-refractivity contribution in [2.45, 2.75) is 26.2 Å². The van der Waals surface area contributed by atoms with Gasteiger partial charge in [-0.15, -0.1) is 0 Å². The number of alkyl carbamates (subject to hydrolysis) is 1. The SMILES string of the molecule is CCOC(=O)NC(=O)C[NH+]1CCCCC1. The quantitative estimate of drug-likeness (QED) is 0.656. The van der Waals surface area contributed by atoms with E-state index >= 15 is 0 Å². The Hall–Kier alpha value is -1.10. The van der Waals surface area contributed by atoms with Gasteiger partial charge in [-0.2, -0.15) is 0 Å². The molecule has 1 rings (SSSR count). The molecule has 2 N–H and O–H groups in total. The van der Waals surface area contributed by atoms with E-state index < -0.39 is 6.09 Å². The minimum Gasteiger partial charge on any atom is -0.450 e. The van der Waals surface area contributed by atoms with Crippen molar-refractivity contribution in [3.8, 4) is 0 Å². The number of likely N-dealkylation sites (tertiary alicyclic amines) is 1. The van der Waals surface area contributed by atoms with E-state index in [0.717, 1.165) is 13.1 Å². The molecule has 0 unspecified atom stereocenters. The van der Waals surface area contributed by atoms with Crippen molar-refractivity contribution in [2.75, 3.05) is 26.2 Å². The summed E-state index contributed by atoms with van der Waals surface area (Å²) < 4.78 is 4.62. The maximum Gasteiger partial charge on any atom is 0.414 e. The first kappa shape index (κ1) is 12.0. The highest BCUT2D eigenvalue weighted by Gasteiger charge is 2.18. The van der Waals surface area contributed by atoms with Crippen LogP contribution in [-0.4, -0.2) is 38.2 Å². The Morgan fingerprint density at radius 1 is 1.27 bits per heavy atom. The van der Waals surface area contributed by atoms with Gasteiger partial charge in [-0.3, -0.25) is 10.1 Å². The second kappa shape index (κ2) is 6.40. The van der Waals surface area contributed by atoms with Crippen LogP contribution in [0.5, 0.6) is 0 Å². The molecule has 86 valence electrons. The minimum atomic E-state index is -0.640. The third-order valence-corrected chi connectivity index (χ3v) is 2.49. The van der Waals surface area contributed by atoms with Crippen LogP contribution < -0.4 is 10.2 Å². The number of nitrogens with one attached hydrogen (secondary N) is 2. The number of amides is 2. The normalized spacial score (nSPS) is 17.1. The third kappa shape index (κ3) is 4.78. The predicted octanol–water partition coefficient (Wildman–Crippen LogP) is -0.672. The minimum absolute atomic E-state index is 0.245. The lowest BCUT2D eigenvalue weighted by atomic mass is 10.1. The summed E-state index contributed by atoms with van der Waals surface area (Å²) in [6.07, 6.45) is 2.95. The van der Waals surface area contributed by atoms with Crippen LogP contribution in [-0.2, 0) is 9.53 Å². The van der Waals surface area contributed by atoms with Crippen molar-refractivity contribution >= 4 is 12.0 Å². The standard InChI is InChI=1S/C10H18N2O3/c1-2-15-10(14)11-9(13)8-12-6-4-3-5-7-12/h2-8H2,1H3,(H,11,13,14)/p+1. The summed E-state index contributed by atoms with van der Waals surface area (Å²) in [7, 11) is 0. The number of carbonyl (C=O) groups is 2. The van der Waals surface area contributed by atoms with Gasteiger partial charge >= 0.3 is 6.09 Å². The van der Waals surface area contributed by atoms with Crippen LogP contribution >= 0.6 is 0 Å². The highest BCUT2D eigenvalue weighted by molar-refractivity contribution is 5.92. The van der Waals surface area contributed by atoms with E-state index in [1.54, 1.807) is 6.92 Å². The van der Waals surface area contributed by atoms with Crippen LogP contribution in [0.4, 0.5) is 4.79 Å². The third-order valence-electron chi connectivity index (χ3n) is 2.49. The molecule has 1 fully saturated rings. The van der Waals surface area contributed by atoms with E-state index in [9.17, 15) is 9.59 Å². The second-order valence-electron chi connectivity index (χ2n) is 3.76. The smallest absolute Gasteiger partial charge is 0.414 e. The molecule has 0 aromatic heterocycles. The van der Waals surface area contributed by atoms with E-state index in [2.05, 4.69) is 10.1 Å². The Labute approximate surface area is 89.8 Å². The molecule has 0 bridgehead atoms. The maximum absolute atomic E-state index is 11.4. The van der Waals surface area contributed by atoms with Gasteiger partial charge in [0.25, 0.3) is 5.91 Å². The molecule has 1 heterocycles. The lowest BCUT2D eigenvalue weighted by Crippen LogP contribution is -3.14. The topological polar surface area (TPSA) is 59.8 Å². The average Bonchev–Trinajstić information content (AvgIpc) is 2.19. The average molecular weight is 215 g/mol. The van der Waals surface area contributed by atoms with Gasteiger partial charge in [0.05, 0.1) is 19.7 Å². The monoisotopic (exact) mass is 215 g/mol. The van der Waals surface area contributed by atoms with Gasteiger partial charge in [0.15, 0.2) is 6.54 Å². The number of rotatable bonds is 3. The van der Waals surface area contributed by atoms with E-state index in [4.69, 9.17) is 0 Å². The Bertz CT molecular complexity index is 225. The lowest BCUT2D eigenvalue weighted by molar-refractivity contribution is -0.896. The molecular formula is C10H19N2O3+. The van der Waals surface area contributed by atoms with Gasteiger partial charge < -0.3 is 9.64 Å². The Morgan fingerprint density at radius 2 is 1.93 bits per heavy atom. The molecule has 5 heteroatoms. The number of hydrogen-bond acceptors (Lipinski definition) is 3. The van der Waals surface area contributed by atoms with Gasteiger partial charge in [-0.25, -0.2) is 4.79 Å². The zero-order chi connectivity index (χ0) is 11.1. The largest absolute Gasteiger partial charge is 0.450 e. The van der Waals surface area contributed by atoms with Crippen molar-refractivity contribution in [1.29, 1.82) is 0 Å². The zero-order valence-corrected chi connectivity index (χ0v) is 9.17. The molecule has 0 radical (unpaired) electrons. The van der Waals surface area contributed by atoms with E-state index in [0.29, 0.717) is 6.54 Å². The van der Waals surface area contributed by atoms with Crippen LogP contribution in [0.15, 0.2) is 0 Å². The Kier molecular flexibility index (Phi) is 5.10. The summed E-state index contributed by atoms with van der Waals surface area (Å²) >= 11 is 0. The molecule has 1 saturated heterocycles. The molecule has 0 spiro atoms. The van der Waals surface area contributed by atoms with E-state index in [1.165, 1.54) is 24.2 Å². The highest BCUT2D eigenvalue weighted by Crippen LogP contribution is 1.93. The number of imide groups is 1. The van der Waals surface area contributed by atoms with Crippen molar-refractivity contribution in [1.82, 2.24) is 5.32 Å². The molecule has 0 aliphatic carbocycles. The predicted molar refractivity (Wildman–Crippen MR) is 54.6 cm³/mol. The fraction of sp³-hybridized carbons (Fsp3) is 0.800. The van der Waals surface area contributed by atoms with Crippen LogP contribution in [0.1, 0.15) is 26.2 Å². The summed E-state index contributed by atoms with van der Waals surface area (Å²) in [5.41, 5.74) is 0. The zero-order valence-electron chi connectivity index (χ0n) is 9.17. The van der Waals surface area contributed by atoms with Crippen LogP contribution in [0.25, 0.3) is 0 Å². The summed E-state index contributed by atoms with van der Waals surface area (Å²) in [6, 6.07) is 0. The fourth-order valence-electron chi connectivity index (χ4n) is 1.78. The summed E-state index contributed by atoms with van der Waals surface area (Å²) in [5, 5.41) is 2.21. The fourth-order valence-corrected chi connectivity index (χ4v) is 1.78. The van der Waals surface area contributed by atoms with Gasteiger partial charge in [0, 0.05) is 0 Å². The van der Waals surface area contributed by atoms with Gasteiger partial charge in [-0.05, 0) is 26.2 Å². The molecule has 0 atom stereocenters. The number of ether oxygens (including phenoxy) is 1. The van der Waals surface area contributed by atoms with Gasteiger partial charge in [0.1, 0.15) is 0 Å². The first-order valence-corrected chi connectivity index (χ1v) is 5.52. The van der Waals surface area contributed by atoms with Gasteiger partial charge in [0.2, 0.25) is 0 Å². The summed E-state index contributed by atoms with van der Waals surface area (Å²) in [5.74, 6) is -0.245. The Balaban J connectivity index is 2.19. The molecule has 0 saturated carbocycles. The number of carbonyl (C=O) groups excluding carboxylic acids is 2. The molecule has 1 aliphatic rings. The number of hydrogen-bond donors (Lipinski definition) is 2.